The van der Waals surface area contributed by atoms with Crippen LogP contribution in [0.2, 0.25) is 0 Å². The highest BCUT2D eigenvalue weighted by Crippen LogP contribution is 2.47. The van der Waals surface area contributed by atoms with E-state index < -0.39 is 0 Å². The van der Waals surface area contributed by atoms with Gasteiger partial charge in [0.05, 0.1) is 18.1 Å². The first-order valence-corrected chi connectivity index (χ1v) is 7.43. The van der Waals surface area contributed by atoms with Gasteiger partial charge in [0.15, 0.2) is 0 Å². The van der Waals surface area contributed by atoms with Crippen LogP contribution in [0.5, 0.6) is 0 Å². The molecular weight excluding hydrogens is 252 g/mol. The SMILES string of the molecule is C[C@@]12CCC(=O)N1[C@H](C(=O)N1CCOCC1)CS2. The number of ether oxygens (including phenoxy) is 1. The zero-order chi connectivity index (χ0) is 12.8. The summed E-state index contributed by atoms with van der Waals surface area (Å²) in [6, 6.07) is -0.256. The first-order chi connectivity index (χ1) is 8.62. The van der Waals surface area contributed by atoms with Gasteiger partial charge in [0.1, 0.15) is 6.04 Å². The largest absolute Gasteiger partial charge is 0.378 e. The van der Waals surface area contributed by atoms with Crippen LogP contribution in [-0.4, -0.2) is 64.6 Å². The Bertz CT molecular complexity index is 384. The molecule has 0 spiro atoms. The van der Waals surface area contributed by atoms with Gasteiger partial charge in [0, 0.05) is 25.3 Å². The normalized spacial score (nSPS) is 36.1. The van der Waals surface area contributed by atoms with Crippen molar-refractivity contribution in [1.82, 2.24) is 9.80 Å². The third-order valence-electron chi connectivity index (χ3n) is 4.05. The molecule has 3 fully saturated rings. The molecule has 3 aliphatic rings. The zero-order valence-electron chi connectivity index (χ0n) is 10.6. The number of morpholine rings is 1. The molecule has 0 saturated carbocycles. The Kier molecular flexibility index (Phi) is 3.02. The van der Waals surface area contributed by atoms with E-state index in [1.165, 1.54) is 0 Å². The summed E-state index contributed by atoms with van der Waals surface area (Å²) in [6.07, 6.45) is 1.44. The highest BCUT2D eigenvalue weighted by Gasteiger charge is 2.53. The highest BCUT2D eigenvalue weighted by atomic mass is 32.2. The fraction of sp³-hybridized carbons (Fsp3) is 0.833. The lowest BCUT2D eigenvalue weighted by Gasteiger charge is -2.34. The third kappa shape index (κ3) is 1.82. The summed E-state index contributed by atoms with van der Waals surface area (Å²) < 4.78 is 5.26. The van der Waals surface area contributed by atoms with Gasteiger partial charge >= 0.3 is 0 Å². The molecule has 2 amide bonds. The lowest BCUT2D eigenvalue weighted by atomic mass is 10.2. The first kappa shape index (κ1) is 12.3. The van der Waals surface area contributed by atoms with Gasteiger partial charge in [-0.25, -0.2) is 0 Å². The van der Waals surface area contributed by atoms with Crippen molar-refractivity contribution in [3.63, 3.8) is 0 Å². The number of nitrogens with zero attached hydrogens (tertiary/aromatic N) is 2. The predicted molar refractivity (Wildman–Crippen MR) is 68.1 cm³/mol. The molecule has 3 saturated heterocycles. The molecule has 3 heterocycles. The molecule has 0 bridgehead atoms. The molecule has 18 heavy (non-hydrogen) atoms. The van der Waals surface area contributed by atoms with Crippen LogP contribution in [0.15, 0.2) is 0 Å². The van der Waals surface area contributed by atoms with E-state index in [-0.39, 0.29) is 22.7 Å². The molecule has 0 radical (unpaired) electrons. The Balaban J connectivity index is 1.76. The molecule has 0 N–H and O–H groups in total. The smallest absolute Gasteiger partial charge is 0.246 e. The van der Waals surface area contributed by atoms with Gasteiger partial charge in [0.25, 0.3) is 0 Å². The van der Waals surface area contributed by atoms with Crippen molar-refractivity contribution in [2.24, 2.45) is 0 Å². The van der Waals surface area contributed by atoms with Crippen molar-refractivity contribution in [1.29, 1.82) is 0 Å². The number of carbonyl (C=O) groups excluding carboxylic acids is 2. The Morgan fingerprint density at radius 1 is 1.44 bits per heavy atom. The molecule has 6 heteroatoms. The molecule has 0 aromatic heterocycles. The van der Waals surface area contributed by atoms with Crippen LogP contribution >= 0.6 is 11.8 Å². The monoisotopic (exact) mass is 270 g/mol. The van der Waals surface area contributed by atoms with Crippen LogP contribution in [0.1, 0.15) is 19.8 Å². The molecule has 5 nitrogen and oxygen atoms in total. The predicted octanol–water partition coefficient (Wildman–Crippen LogP) is 0.299. The quantitative estimate of drug-likeness (QED) is 0.687. The topological polar surface area (TPSA) is 49.9 Å². The van der Waals surface area contributed by atoms with E-state index in [1.54, 1.807) is 11.8 Å². The van der Waals surface area contributed by atoms with E-state index in [0.29, 0.717) is 32.7 Å². The summed E-state index contributed by atoms with van der Waals surface area (Å²) in [4.78, 5) is 28.0. The number of rotatable bonds is 1. The van der Waals surface area contributed by atoms with Crippen LogP contribution < -0.4 is 0 Å². The number of thioether (sulfide) groups is 1. The second-order valence-electron chi connectivity index (χ2n) is 5.20. The number of hydrogen-bond donors (Lipinski definition) is 0. The maximum atomic E-state index is 12.5. The zero-order valence-corrected chi connectivity index (χ0v) is 11.4. The lowest BCUT2D eigenvalue weighted by molar-refractivity contribution is -0.146. The molecule has 3 rings (SSSR count). The van der Waals surface area contributed by atoms with Gasteiger partial charge in [-0.2, -0.15) is 0 Å². The molecular formula is C12H18N2O3S. The number of amides is 2. The Morgan fingerprint density at radius 3 is 2.89 bits per heavy atom. The maximum absolute atomic E-state index is 12.5. The van der Waals surface area contributed by atoms with E-state index in [1.807, 2.05) is 9.80 Å². The van der Waals surface area contributed by atoms with Gasteiger partial charge in [-0.1, -0.05) is 0 Å². The standard InChI is InChI=1S/C12H18N2O3S/c1-12-3-2-10(15)14(12)9(8-18-12)11(16)13-4-6-17-7-5-13/h9H,2-8H2,1H3/t9-,12+/m0/s1. The molecule has 0 unspecified atom stereocenters. The van der Waals surface area contributed by atoms with E-state index in [4.69, 9.17) is 4.74 Å². The Hall–Kier alpha value is -0.750. The van der Waals surface area contributed by atoms with Crippen molar-refractivity contribution in [2.45, 2.75) is 30.7 Å². The van der Waals surface area contributed by atoms with Crippen molar-refractivity contribution in [2.75, 3.05) is 32.1 Å². The lowest BCUT2D eigenvalue weighted by Crippen LogP contribution is -2.53. The summed E-state index contributed by atoms with van der Waals surface area (Å²) >= 11 is 1.75. The van der Waals surface area contributed by atoms with E-state index in [0.717, 1.165) is 12.2 Å². The molecule has 100 valence electrons. The van der Waals surface area contributed by atoms with Crippen molar-refractivity contribution < 1.29 is 14.3 Å². The Labute approximate surface area is 111 Å². The van der Waals surface area contributed by atoms with Gasteiger partial charge in [-0.05, 0) is 13.3 Å². The second kappa shape index (κ2) is 4.42. The van der Waals surface area contributed by atoms with Crippen molar-refractivity contribution >= 4 is 23.6 Å². The molecule has 3 aliphatic heterocycles. The number of hydrogen-bond acceptors (Lipinski definition) is 4. The molecule has 2 atom stereocenters. The first-order valence-electron chi connectivity index (χ1n) is 6.44. The maximum Gasteiger partial charge on any atom is 0.246 e. The summed E-state index contributed by atoms with van der Waals surface area (Å²) in [7, 11) is 0. The van der Waals surface area contributed by atoms with Crippen LogP contribution in [0.4, 0.5) is 0 Å². The van der Waals surface area contributed by atoms with Crippen molar-refractivity contribution in [3.8, 4) is 0 Å². The summed E-state index contributed by atoms with van der Waals surface area (Å²) in [6.45, 7) is 4.60. The number of carbonyl (C=O) groups is 2. The fourth-order valence-corrected chi connectivity index (χ4v) is 4.42. The molecule has 0 aliphatic carbocycles. The van der Waals surface area contributed by atoms with Gasteiger partial charge in [-0.3, -0.25) is 9.59 Å². The van der Waals surface area contributed by atoms with Gasteiger partial charge in [-0.15, -0.1) is 11.8 Å². The van der Waals surface area contributed by atoms with Crippen LogP contribution in [0, 0.1) is 0 Å². The van der Waals surface area contributed by atoms with Gasteiger partial charge < -0.3 is 14.5 Å². The minimum Gasteiger partial charge on any atom is -0.378 e. The van der Waals surface area contributed by atoms with Crippen LogP contribution in [-0.2, 0) is 14.3 Å². The van der Waals surface area contributed by atoms with Crippen LogP contribution in [0.25, 0.3) is 0 Å². The fourth-order valence-electron chi connectivity index (χ4n) is 3.00. The Morgan fingerprint density at radius 2 is 2.17 bits per heavy atom. The minimum absolute atomic E-state index is 0.102. The summed E-state index contributed by atoms with van der Waals surface area (Å²) in [5.74, 6) is 0.970. The average molecular weight is 270 g/mol. The third-order valence-corrected chi connectivity index (χ3v) is 5.56. The second-order valence-corrected chi connectivity index (χ2v) is 6.70. The van der Waals surface area contributed by atoms with Crippen molar-refractivity contribution in [3.05, 3.63) is 0 Å². The molecule has 0 aromatic rings. The summed E-state index contributed by atoms with van der Waals surface area (Å²) in [5.41, 5.74) is 0. The van der Waals surface area contributed by atoms with E-state index in [2.05, 4.69) is 6.92 Å². The number of fused-ring (bicyclic) bond motifs is 1. The van der Waals surface area contributed by atoms with E-state index >= 15 is 0 Å². The van der Waals surface area contributed by atoms with Gasteiger partial charge in [0.2, 0.25) is 11.8 Å². The molecule has 0 aromatic carbocycles. The summed E-state index contributed by atoms with van der Waals surface area (Å²) in [5, 5.41) is 0. The minimum atomic E-state index is -0.256. The van der Waals surface area contributed by atoms with E-state index in [9.17, 15) is 9.59 Å². The highest BCUT2D eigenvalue weighted by molar-refractivity contribution is 8.01. The average Bonchev–Trinajstić information content (AvgIpc) is 2.87. The van der Waals surface area contributed by atoms with Crippen LogP contribution in [0.3, 0.4) is 0 Å².